The maximum Gasteiger partial charge on any atom is 0.0477 e. The molecule has 2 nitrogen and oxygen atoms in total. The number of nitrogens with zero attached hydrogens (tertiary/aromatic N) is 1. The lowest BCUT2D eigenvalue weighted by Crippen LogP contribution is -2.50. The van der Waals surface area contributed by atoms with Crippen molar-refractivity contribution in [1.29, 1.82) is 0 Å². The minimum absolute atomic E-state index is 0.403. The third-order valence-electron chi connectivity index (χ3n) is 6.00. The molecule has 2 unspecified atom stereocenters. The monoisotopic (exact) mass is 315 g/mol. The van der Waals surface area contributed by atoms with Crippen LogP contribution < -0.4 is 0 Å². The van der Waals surface area contributed by atoms with Gasteiger partial charge in [0.25, 0.3) is 0 Å². The summed E-state index contributed by atoms with van der Waals surface area (Å²) >= 11 is 3.76. The summed E-state index contributed by atoms with van der Waals surface area (Å²) in [6.45, 7) is 0.403. The van der Waals surface area contributed by atoms with Crippen LogP contribution in [0.5, 0.6) is 0 Å². The molecule has 1 aliphatic carbocycles. The number of alkyl halides is 1. The first kappa shape index (κ1) is 13.4. The van der Waals surface area contributed by atoms with Crippen molar-refractivity contribution in [2.45, 2.75) is 61.9 Å². The van der Waals surface area contributed by atoms with Crippen molar-refractivity contribution < 1.29 is 5.11 Å². The summed E-state index contributed by atoms with van der Waals surface area (Å²) in [6.07, 6.45) is 9.45. The Hall–Kier alpha value is 0.400. The molecular weight excluding hydrogens is 290 g/mol. The number of halogens is 1. The van der Waals surface area contributed by atoms with E-state index in [9.17, 15) is 5.11 Å². The van der Waals surface area contributed by atoms with Crippen molar-refractivity contribution in [3.8, 4) is 0 Å². The SMILES string of the molecule is CN1C2CC[C@@H]1C[C@H](C1CCC(Br)CC1)C2CO. The van der Waals surface area contributed by atoms with E-state index in [0.29, 0.717) is 18.6 Å². The van der Waals surface area contributed by atoms with E-state index >= 15 is 0 Å². The second-order valence-electron chi connectivity index (χ2n) is 6.72. The molecule has 3 aliphatic rings. The molecule has 0 spiro atoms. The highest BCUT2D eigenvalue weighted by Crippen LogP contribution is 2.47. The zero-order chi connectivity index (χ0) is 12.7. The van der Waals surface area contributed by atoms with Gasteiger partial charge in [0.2, 0.25) is 0 Å². The summed E-state index contributed by atoms with van der Waals surface area (Å²) in [6, 6.07) is 1.48. The van der Waals surface area contributed by atoms with Crippen LogP contribution in [0.25, 0.3) is 0 Å². The Labute approximate surface area is 119 Å². The molecule has 0 aromatic carbocycles. The van der Waals surface area contributed by atoms with Crippen LogP contribution in [0.2, 0.25) is 0 Å². The summed E-state index contributed by atoms with van der Waals surface area (Å²) in [5, 5.41) is 9.85. The van der Waals surface area contributed by atoms with Crippen LogP contribution in [0, 0.1) is 17.8 Å². The van der Waals surface area contributed by atoms with E-state index < -0.39 is 0 Å². The average molecular weight is 316 g/mol. The average Bonchev–Trinajstić information content (AvgIpc) is 2.63. The summed E-state index contributed by atoms with van der Waals surface area (Å²) < 4.78 is 0. The molecule has 3 rings (SSSR count). The molecule has 0 aromatic rings. The van der Waals surface area contributed by atoms with Crippen LogP contribution in [0.3, 0.4) is 0 Å². The van der Waals surface area contributed by atoms with E-state index in [4.69, 9.17) is 0 Å². The Morgan fingerprint density at radius 1 is 1.11 bits per heavy atom. The van der Waals surface area contributed by atoms with Crippen LogP contribution in [-0.4, -0.2) is 40.6 Å². The first-order chi connectivity index (χ1) is 8.70. The van der Waals surface area contributed by atoms with Gasteiger partial charge >= 0.3 is 0 Å². The Kier molecular flexibility index (Phi) is 4.03. The molecule has 3 fully saturated rings. The highest BCUT2D eigenvalue weighted by Gasteiger charge is 2.47. The number of aliphatic hydroxyl groups is 1. The molecule has 2 bridgehead atoms. The van der Waals surface area contributed by atoms with Gasteiger partial charge in [0.05, 0.1) is 0 Å². The van der Waals surface area contributed by atoms with E-state index in [0.717, 1.165) is 22.7 Å². The van der Waals surface area contributed by atoms with Crippen molar-refractivity contribution in [2.75, 3.05) is 13.7 Å². The summed E-state index contributed by atoms with van der Waals surface area (Å²) in [5.41, 5.74) is 0. The fraction of sp³-hybridized carbons (Fsp3) is 1.00. The van der Waals surface area contributed by atoms with Crippen LogP contribution >= 0.6 is 15.9 Å². The van der Waals surface area contributed by atoms with Gasteiger partial charge in [-0.15, -0.1) is 0 Å². The second-order valence-corrected chi connectivity index (χ2v) is 8.02. The third-order valence-corrected chi connectivity index (χ3v) is 6.92. The number of rotatable bonds is 2. The molecule has 0 aromatic heterocycles. The molecular formula is C15H26BrNO. The number of piperidine rings is 1. The Bertz CT molecular complexity index is 290. The van der Waals surface area contributed by atoms with Gasteiger partial charge in [-0.1, -0.05) is 15.9 Å². The molecule has 18 heavy (non-hydrogen) atoms. The van der Waals surface area contributed by atoms with Crippen LogP contribution in [0.1, 0.15) is 44.9 Å². The maximum absolute atomic E-state index is 9.85. The number of fused-ring (bicyclic) bond motifs is 2. The van der Waals surface area contributed by atoms with Gasteiger partial charge in [0.1, 0.15) is 0 Å². The zero-order valence-electron chi connectivity index (χ0n) is 11.4. The van der Waals surface area contributed by atoms with Crippen molar-refractivity contribution in [3.05, 3.63) is 0 Å². The topological polar surface area (TPSA) is 23.5 Å². The minimum atomic E-state index is 0.403. The molecule has 4 atom stereocenters. The van der Waals surface area contributed by atoms with Crippen molar-refractivity contribution in [2.24, 2.45) is 17.8 Å². The standard InChI is InChI=1S/C15H26BrNO/c1-17-12-6-7-15(17)14(9-18)13(8-12)10-2-4-11(16)5-3-10/h10-15,18H,2-9H2,1H3/t10?,11?,12-,13-,14?,15?/m1/s1. The molecule has 0 amide bonds. The minimum Gasteiger partial charge on any atom is -0.396 e. The fourth-order valence-corrected chi connectivity index (χ4v) is 5.45. The van der Waals surface area contributed by atoms with E-state index in [1.54, 1.807) is 0 Å². The Morgan fingerprint density at radius 3 is 2.50 bits per heavy atom. The number of hydrogen-bond donors (Lipinski definition) is 1. The van der Waals surface area contributed by atoms with Gasteiger partial charge in [-0.2, -0.15) is 0 Å². The predicted octanol–water partition coefficient (Wildman–Crippen LogP) is 3.03. The van der Waals surface area contributed by atoms with Gasteiger partial charge in [-0.05, 0) is 63.8 Å². The van der Waals surface area contributed by atoms with Gasteiger partial charge in [0, 0.05) is 29.4 Å². The largest absolute Gasteiger partial charge is 0.396 e. The Morgan fingerprint density at radius 2 is 1.83 bits per heavy atom. The highest BCUT2D eigenvalue weighted by molar-refractivity contribution is 9.09. The molecule has 1 N–H and O–H groups in total. The van der Waals surface area contributed by atoms with Crippen LogP contribution in [0.15, 0.2) is 0 Å². The van der Waals surface area contributed by atoms with E-state index in [2.05, 4.69) is 27.9 Å². The zero-order valence-corrected chi connectivity index (χ0v) is 13.0. The summed E-state index contributed by atoms with van der Waals surface area (Å²) in [7, 11) is 2.27. The molecule has 0 radical (unpaired) electrons. The summed E-state index contributed by atoms with van der Waals surface area (Å²) in [4.78, 5) is 3.32. The van der Waals surface area contributed by atoms with E-state index in [1.807, 2.05) is 0 Å². The smallest absolute Gasteiger partial charge is 0.0477 e. The number of aliphatic hydroxyl groups excluding tert-OH is 1. The molecule has 2 aliphatic heterocycles. The maximum atomic E-state index is 9.85. The van der Waals surface area contributed by atoms with Gasteiger partial charge in [-0.25, -0.2) is 0 Å². The molecule has 1 saturated carbocycles. The van der Waals surface area contributed by atoms with E-state index in [1.165, 1.54) is 44.9 Å². The van der Waals surface area contributed by atoms with Gasteiger partial charge in [0.15, 0.2) is 0 Å². The molecule has 3 heteroatoms. The summed E-state index contributed by atoms with van der Waals surface area (Å²) in [5.74, 6) is 2.22. The first-order valence-corrected chi connectivity index (χ1v) is 8.59. The lowest BCUT2D eigenvalue weighted by molar-refractivity contribution is -0.00219. The molecule has 104 valence electrons. The molecule has 2 heterocycles. The first-order valence-electron chi connectivity index (χ1n) is 7.67. The quantitative estimate of drug-likeness (QED) is 0.792. The van der Waals surface area contributed by atoms with Crippen molar-refractivity contribution in [3.63, 3.8) is 0 Å². The predicted molar refractivity (Wildman–Crippen MR) is 77.9 cm³/mol. The lowest BCUT2D eigenvalue weighted by Gasteiger charge is -2.46. The van der Waals surface area contributed by atoms with Crippen molar-refractivity contribution >= 4 is 15.9 Å². The van der Waals surface area contributed by atoms with E-state index in [-0.39, 0.29) is 0 Å². The number of hydrogen-bond acceptors (Lipinski definition) is 2. The highest BCUT2D eigenvalue weighted by atomic mass is 79.9. The molecule has 2 saturated heterocycles. The van der Waals surface area contributed by atoms with Crippen molar-refractivity contribution in [1.82, 2.24) is 4.90 Å². The lowest BCUT2D eigenvalue weighted by atomic mass is 9.68. The van der Waals surface area contributed by atoms with Crippen LogP contribution in [0.4, 0.5) is 0 Å². The fourth-order valence-electron chi connectivity index (χ4n) is 4.92. The Balaban J connectivity index is 1.71. The van der Waals surface area contributed by atoms with Gasteiger partial charge in [-0.3, -0.25) is 0 Å². The third kappa shape index (κ3) is 2.27. The van der Waals surface area contributed by atoms with Crippen LogP contribution in [-0.2, 0) is 0 Å². The normalized spacial score (nSPS) is 49.5. The van der Waals surface area contributed by atoms with Gasteiger partial charge < -0.3 is 10.0 Å². The second kappa shape index (κ2) is 5.41.